The van der Waals surface area contributed by atoms with E-state index in [0.717, 1.165) is 49.7 Å². The first-order valence-electron chi connectivity index (χ1n) is 9.42. The van der Waals surface area contributed by atoms with Crippen LogP contribution in [0.2, 0.25) is 5.02 Å². The number of hydrogen-bond donors (Lipinski definition) is 2. The molecule has 148 valence electrons. The first-order chi connectivity index (χ1) is 13.5. The maximum absolute atomic E-state index is 12.4. The maximum Gasteiger partial charge on any atom is 0.257 e. The smallest absolute Gasteiger partial charge is 0.257 e. The van der Waals surface area contributed by atoms with Gasteiger partial charge in [0.25, 0.3) is 5.91 Å². The molecule has 1 aliphatic heterocycles. The molecule has 0 saturated carbocycles. The van der Waals surface area contributed by atoms with Crippen molar-refractivity contribution < 1.29 is 4.79 Å². The number of halogens is 1. The van der Waals surface area contributed by atoms with E-state index < -0.39 is 0 Å². The van der Waals surface area contributed by atoms with Crippen LogP contribution >= 0.6 is 23.8 Å². The second-order valence-electron chi connectivity index (χ2n) is 6.81. The lowest BCUT2D eigenvalue weighted by atomic mass is 10.1. The van der Waals surface area contributed by atoms with E-state index in [0.29, 0.717) is 10.6 Å². The highest BCUT2D eigenvalue weighted by atomic mass is 35.5. The van der Waals surface area contributed by atoms with Crippen molar-refractivity contribution in [3.8, 4) is 0 Å². The normalized spacial score (nSPS) is 14.6. The molecule has 1 amide bonds. The third-order valence-corrected chi connectivity index (χ3v) is 5.49. The Kier molecular flexibility index (Phi) is 6.88. The number of aryl methyl sites for hydroxylation is 1. The van der Waals surface area contributed by atoms with Gasteiger partial charge in [0.15, 0.2) is 5.11 Å². The average Bonchev–Trinajstić information content (AvgIpc) is 2.68. The number of thiocarbonyl (C=S) groups is 1. The molecule has 2 aromatic carbocycles. The third kappa shape index (κ3) is 5.01. The number of likely N-dealkylation sites (N-methyl/N-ethyl adjacent to an activating group) is 1. The summed E-state index contributed by atoms with van der Waals surface area (Å²) in [6.45, 7) is 9.17. The summed E-state index contributed by atoms with van der Waals surface area (Å²) in [4.78, 5) is 17.1. The summed E-state index contributed by atoms with van der Waals surface area (Å²) in [5.74, 6) is -0.230. The highest BCUT2D eigenvalue weighted by Crippen LogP contribution is 2.29. The van der Waals surface area contributed by atoms with Crippen LogP contribution in [0.3, 0.4) is 0 Å². The quantitative estimate of drug-likeness (QED) is 0.740. The van der Waals surface area contributed by atoms with Gasteiger partial charge >= 0.3 is 0 Å². The number of benzene rings is 2. The molecule has 2 N–H and O–H groups in total. The molecule has 0 atom stereocenters. The Morgan fingerprint density at radius 2 is 1.86 bits per heavy atom. The van der Waals surface area contributed by atoms with Gasteiger partial charge in [0, 0.05) is 37.4 Å². The summed E-state index contributed by atoms with van der Waals surface area (Å²) < 4.78 is 0. The molecule has 0 bridgehead atoms. The molecule has 3 rings (SSSR count). The van der Waals surface area contributed by atoms with Gasteiger partial charge in [-0.15, -0.1) is 0 Å². The fourth-order valence-corrected chi connectivity index (χ4v) is 3.82. The molecule has 28 heavy (non-hydrogen) atoms. The predicted octanol–water partition coefficient (Wildman–Crippen LogP) is 3.92. The molecule has 2 aromatic rings. The molecule has 1 aliphatic rings. The summed E-state index contributed by atoms with van der Waals surface area (Å²) in [6.07, 6.45) is 0. The summed E-state index contributed by atoms with van der Waals surface area (Å²) in [5, 5.41) is 6.67. The van der Waals surface area contributed by atoms with Gasteiger partial charge in [0.1, 0.15) is 0 Å². The lowest BCUT2D eigenvalue weighted by molar-refractivity contribution is 0.0977. The highest BCUT2D eigenvalue weighted by Gasteiger charge is 2.18. The van der Waals surface area contributed by atoms with Gasteiger partial charge in [-0.25, -0.2) is 0 Å². The predicted molar refractivity (Wildman–Crippen MR) is 121 cm³/mol. The van der Waals surface area contributed by atoms with Crippen LogP contribution < -0.4 is 15.5 Å². The average molecular weight is 417 g/mol. The van der Waals surface area contributed by atoms with E-state index in [1.807, 2.05) is 43.3 Å². The number of amides is 1. The number of anilines is 2. The van der Waals surface area contributed by atoms with Crippen molar-refractivity contribution in [1.29, 1.82) is 0 Å². The van der Waals surface area contributed by atoms with E-state index in [1.165, 1.54) is 0 Å². The number of nitrogens with zero attached hydrogens (tertiary/aromatic N) is 2. The molecule has 0 spiro atoms. The van der Waals surface area contributed by atoms with E-state index in [1.54, 1.807) is 6.07 Å². The molecule has 1 fully saturated rings. The van der Waals surface area contributed by atoms with Crippen molar-refractivity contribution >= 4 is 46.2 Å². The number of carbonyl (C=O) groups is 1. The Morgan fingerprint density at radius 1 is 1.14 bits per heavy atom. The number of rotatable bonds is 4. The van der Waals surface area contributed by atoms with Crippen molar-refractivity contribution in [3.63, 3.8) is 0 Å². The van der Waals surface area contributed by atoms with E-state index in [9.17, 15) is 4.79 Å². The van der Waals surface area contributed by atoms with Crippen molar-refractivity contribution in [2.75, 3.05) is 42.9 Å². The summed E-state index contributed by atoms with van der Waals surface area (Å²) in [7, 11) is 0. The molecule has 5 nitrogen and oxygen atoms in total. The van der Waals surface area contributed by atoms with E-state index in [4.69, 9.17) is 23.8 Å². The zero-order valence-electron chi connectivity index (χ0n) is 16.2. The fraction of sp³-hybridized carbons (Fsp3) is 0.333. The first-order valence-corrected chi connectivity index (χ1v) is 10.2. The van der Waals surface area contributed by atoms with Gasteiger partial charge < -0.3 is 15.1 Å². The number of carbonyl (C=O) groups excluding carboxylic acids is 1. The van der Waals surface area contributed by atoms with Gasteiger partial charge in [0.05, 0.1) is 10.7 Å². The molecular formula is C21H25ClN4OS. The number of piperazine rings is 1. The SMILES string of the molecule is CCN1CCN(c2ccc(NC(=S)NC(=O)c3ccccc3C)cc2Cl)CC1. The Labute approximate surface area is 176 Å². The maximum atomic E-state index is 12.4. The van der Waals surface area contributed by atoms with Crippen molar-refractivity contribution in [2.45, 2.75) is 13.8 Å². The number of nitrogens with one attached hydrogen (secondary N) is 2. The standard InChI is InChI=1S/C21H25ClN4OS/c1-3-25-10-12-26(13-11-25)19-9-8-16(14-18(19)22)23-21(28)24-20(27)17-7-5-4-6-15(17)2/h4-9,14H,3,10-13H2,1-2H3,(H2,23,24,27,28). The minimum absolute atomic E-state index is 0.230. The lowest BCUT2D eigenvalue weighted by Gasteiger charge is -2.36. The van der Waals surface area contributed by atoms with Crippen LogP contribution in [0.25, 0.3) is 0 Å². The fourth-order valence-electron chi connectivity index (χ4n) is 3.31. The van der Waals surface area contributed by atoms with Crippen molar-refractivity contribution in [1.82, 2.24) is 10.2 Å². The van der Waals surface area contributed by atoms with Crippen molar-refractivity contribution in [3.05, 3.63) is 58.6 Å². The summed E-state index contributed by atoms with van der Waals surface area (Å²) in [6, 6.07) is 13.2. The van der Waals surface area contributed by atoms with Gasteiger partial charge in [-0.1, -0.05) is 36.7 Å². The topological polar surface area (TPSA) is 47.6 Å². The molecule has 0 radical (unpaired) electrons. The second kappa shape index (κ2) is 9.37. The molecular weight excluding hydrogens is 392 g/mol. The van der Waals surface area contributed by atoms with Crippen LogP contribution in [0.15, 0.2) is 42.5 Å². The Bertz CT molecular complexity index is 865. The van der Waals surface area contributed by atoms with E-state index in [2.05, 4.69) is 27.4 Å². The Hall–Kier alpha value is -2.15. The van der Waals surface area contributed by atoms with Crippen LogP contribution in [-0.4, -0.2) is 48.6 Å². The largest absolute Gasteiger partial charge is 0.368 e. The molecule has 0 aromatic heterocycles. The van der Waals surface area contributed by atoms with Crippen LogP contribution in [-0.2, 0) is 0 Å². The molecule has 1 saturated heterocycles. The highest BCUT2D eigenvalue weighted by molar-refractivity contribution is 7.80. The van der Waals surface area contributed by atoms with Crippen molar-refractivity contribution in [2.24, 2.45) is 0 Å². The minimum atomic E-state index is -0.230. The summed E-state index contributed by atoms with van der Waals surface area (Å²) in [5.41, 5.74) is 3.28. The zero-order valence-corrected chi connectivity index (χ0v) is 17.7. The van der Waals surface area contributed by atoms with E-state index >= 15 is 0 Å². The number of hydrogen-bond acceptors (Lipinski definition) is 4. The minimum Gasteiger partial charge on any atom is -0.368 e. The van der Waals surface area contributed by atoms with E-state index in [-0.39, 0.29) is 11.0 Å². The Morgan fingerprint density at radius 3 is 2.50 bits per heavy atom. The van der Waals surface area contributed by atoms with Gasteiger partial charge in [-0.05, 0) is 55.5 Å². The van der Waals surface area contributed by atoms with Crippen LogP contribution in [0.5, 0.6) is 0 Å². The van der Waals surface area contributed by atoms with Gasteiger partial charge in [-0.3, -0.25) is 10.1 Å². The van der Waals surface area contributed by atoms with Crippen LogP contribution in [0, 0.1) is 6.92 Å². The third-order valence-electron chi connectivity index (χ3n) is 4.98. The molecule has 1 heterocycles. The van der Waals surface area contributed by atoms with Crippen LogP contribution in [0.4, 0.5) is 11.4 Å². The zero-order chi connectivity index (χ0) is 20.1. The van der Waals surface area contributed by atoms with Gasteiger partial charge in [-0.2, -0.15) is 0 Å². The molecule has 7 heteroatoms. The summed E-state index contributed by atoms with van der Waals surface area (Å²) >= 11 is 11.8. The Balaban J connectivity index is 1.60. The van der Waals surface area contributed by atoms with Crippen LogP contribution in [0.1, 0.15) is 22.8 Å². The second-order valence-corrected chi connectivity index (χ2v) is 7.63. The monoisotopic (exact) mass is 416 g/mol. The molecule has 0 aliphatic carbocycles. The lowest BCUT2D eigenvalue weighted by Crippen LogP contribution is -2.46. The first kappa shape index (κ1) is 20.6. The molecule has 0 unspecified atom stereocenters. The van der Waals surface area contributed by atoms with Gasteiger partial charge in [0.2, 0.25) is 0 Å².